The molecular formula is C24H31FN6O3. The lowest BCUT2D eigenvalue weighted by Gasteiger charge is -2.41. The predicted octanol–water partition coefficient (Wildman–Crippen LogP) is 2.83. The summed E-state index contributed by atoms with van der Waals surface area (Å²) in [7, 11) is 0. The van der Waals surface area contributed by atoms with E-state index >= 15 is 0 Å². The predicted molar refractivity (Wildman–Crippen MR) is 123 cm³/mol. The zero-order valence-electron chi connectivity index (χ0n) is 19.7. The normalized spacial score (nSPS) is 18.9. The van der Waals surface area contributed by atoms with Crippen LogP contribution in [0.15, 0.2) is 22.7 Å². The summed E-state index contributed by atoms with van der Waals surface area (Å²) < 4.78 is 21.8. The van der Waals surface area contributed by atoms with Crippen LogP contribution in [0.1, 0.15) is 63.0 Å². The van der Waals surface area contributed by atoms with Gasteiger partial charge in [0.15, 0.2) is 0 Å². The average Bonchev–Trinajstić information content (AvgIpc) is 3.50. The number of carbonyl (C=O) groups is 1. The Morgan fingerprint density at radius 3 is 2.59 bits per heavy atom. The van der Waals surface area contributed by atoms with E-state index in [4.69, 9.17) is 9.63 Å². The van der Waals surface area contributed by atoms with Crippen molar-refractivity contribution in [2.75, 3.05) is 32.8 Å². The molecule has 0 radical (unpaired) electrons. The summed E-state index contributed by atoms with van der Waals surface area (Å²) in [6.45, 7) is 6.90. The maximum Gasteiger partial charge on any atom is 0.291 e. The topological polar surface area (TPSA) is 101 Å². The number of para-hydroxylation sites is 1. The number of hydrogen-bond acceptors (Lipinski definition) is 7. The van der Waals surface area contributed by atoms with E-state index in [1.54, 1.807) is 11.0 Å². The number of benzene rings is 1. The molecular weight excluding hydrogens is 439 g/mol. The van der Waals surface area contributed by atoms with Crippen molar-refractivity contribution in [1.29, 1.82) is 0 Å². The molecule has 9 nitrogen and oxygen atoms in total. The van der Waals surface area contributed by atoms with E-state index in [1.165, 1.54) is 10.7 Å². The summed E-state index contributed by atoms with van der Waals surface area (Å²) in [5, 5.41) is 18.6. The summed E-state index contributed by atoms with van der Waals surface area (Å²) in [5.74, 6) is 0.585. The number of likely N-dealkylation sites (tertiary alicyclic amines) is 2. The molecule has 1 amide bonds. The molecule has 0 atom stereocenters. The van der Waals surface area contributed by atoms with Gasteiger partial charge in [-0.2, -0.15) is 14.8 Å². The van der Waals surface area contributed by atoms with E-state index in [1.807, 2.05) is 19.9 Å². The fraction of sp³-hybridized carbons (Fsp3) is 0.583. The highest BCUT2D eigenvalue weighted by Gasteiger charge is 2.32. The van der Waals surface area contributed by atoms with E-state index in [0.717, 1.165) is 49.9 Å². The molecule has 182 valence electrons. The fourth-order valence-electron chi connectivity index (χ4n) is 5.29. The molecule has 2 saturated heterocycles. The highest BCUT2D eigenvalue weighted by Crippen LogP contribution is 2.32. The van der Waals surface area contributed by atoms with Crippen LogP contribution in [0.5, 0.6) is 0 Å². The Hall–Kier alpha value is -2.85. The number of aliphatic hydroxyl groups excluding tert-OH is 1. The highest BCUT2D eigenvalue weighted by atomic mass is 19.1. The van der Waals surface area contributed by atoms with Crippen LogP contribution in [0.3, 0.4) is 0 Å². The van der Waals surface area contributed by atoms with Crippen LogP contribution in [0.25, 0.3) is 16.9 Å². The first kappa shape index (κ1) is 22.9. The standard InChI is InChI=1S/C24H31FN6O3/c1-15(2)21-18-4-3-5-19(25)22(18)31(27-21)24-26-23(34-28-24)16-6-10-29(11-7-16)17-8-12-30(13-9-17)20(33)14-32/h3-5,15-17,32H,6-14H2,1-2H3. The van der Waals surface area contributed by atoms with E-state index in [9.17, 15) is 9.18 Å². The molecule has 0 aliphatic carbocycles. The second-order valence-corrected chi connectivity index (χ2v) is 9.60. The smallest absolute Gasteiger partial charge is 0.291 e. The van der Waals surface area contributed by atoms with Crippen molar-refractivity contribution in [2.24, 2.45) is 0 Å². The van der Waals surface area contributed by atoms with Gasteiger partial charge in [-0.05, 0) is 55.9 Å². The van der Waals surface area contributed by atoms with Gasteiger partial charge in [0.2, 0.25) is 11.8 Å². The molecule has 10 heteroatoms. The minimum atomic E-state index is -0.415. The molecule has 0 saturated carbocycles. The Morgan fingerprint density at radius 2 is 1.91 bits per heavy atom. The zero-order chi connectivity index (χ0) is 23.8. The van der Waals surface area contributed by atoms with Crippen molar-refractivity contribution in [3.63, 3.8) is 0 Å². The maximum absolute atomic E-state index is 14.7. The molecule has 0 unspecified atom stereocenters. The van der Waals surface area contributed by atoms with E-state index in [2.05, 4.69) is 20.1 Å². The van der Waals surface area contributed by atoms with Gasteiger partial charge in [-0.15, -0.1) is 0 Å². The van der Waals surface area contributed by atoms with Crippen LogP contribution < -0.4 is 0 Å². The Labute approximate surface area is 197 Å². The van der Waals surface area contributed by atoms with Crippen molar-refractivity contribution in [2.45, 2.75) is 57.4 Å². The number of piperidine rings is 2. The first-order valence-electron chi connectivity index (χ1n) is 12.1. The first-order chi connectivity index (χ1) is 16.5. The molecule has 0 spiro atoms. The number of aliphatic hydroxyl groups is 1. The summed E-state index contributed by atoms with van der Waals surface area (Å²) in [6, 6.07) is 5.44. The van der Waals surface area contributed by atoms with Gasteiger partial charge in [-0.1, -0.05) is 26.0 Å². The molecule has 1 aromatic carbocycles. The number of aromatic nitrogens is 4. The third-order valence-electron chi connectivity index (χ3n) is 7.20. The minimum absolute atomic E-state index is 0.134. The summed E-state index contributed by atoms with van der Waals surface area (Å²) >= 11 is 0. The number of rotatable bonds is 5. The first-order valence-corrected chi connectivity index (χ1v) is 12.1. The van der Waals surface area contributed by atoms with Crippen LogP contribution in [-0.2, 0) is 4.79 Å². The SMILES string of the molecule is CC(C)c1nn(-c2noc(C3CCN(C4CCN(C(=O)CO)CC4)CC3)n2)c2c(F)cccc12. The number of hydrogen-bond donors (Lipinski definition) is 1. The van der Waals surface area contributed by atoms with Crippen molar-refractivity contribution in [3.05, 3.63) is 35.6 Å². The van der Waals surface area contributed by atoms with Crippen molar-refractivity contribution >= 4 is 16.8 Å². The fourth-order valence-corrected chi connectivity index (χ4v) is 5.29. The van der Waals surface area contributed by atoms with Crippen LogP contribution in [0.2, 0.25) is 0 Å². The van der Waals surface area contributed by atoms with Gasteiger partial charge >= 0.3 is 0 Å². The highest BCUT2D eigenvalue weighted by molar-refractivity contribution is 5.84. The Kier molecular flexibility index (Phi) is 6.35. The molecule has 0 bridgehead atoms. The number of halogens is 1. The second-order valence-electron chi connectivity index (χ2n) is 9.60. The average molecular weight is 471 g/mol. The lowest BCUT2D eigenvalue weighted by molar-refractivity contribution is -0.135. The van der Waals surface area contributed by atoms with E-state index < -0.39 is 6.61 Å². The largest absolute Gasteiger partial charge is 0.387 e. The Bertz CT molecular complexity index is 1160. The van der Waals surface area contributed by atoms with Crippen LogP contribution in [0, 0.1) is 5.82 Å². The van der Waals surface area contributed by atoms with Gasteiger partial charge in [0.1, 0.15) is 17.9 Å². The number of fused-ring (bicyclic) bond motifs is 1. The van der Waals surface area contributed by atoms with Crippen LogP contribution in [0.4, 0.5) is 4.39 Å². The Morgan fingerprint density at radius 1 is 1.18 bits per heavy atom. The number of carbonyl (C=O) groups excluding carboxylic acids is 1. The lowest BCUT2D eigenvalue weighted by Crippen LogP contribution is -2.49. The zero-order valence-corrected chi connectivity index (χ0v) is 19.7. The minimum Gasteiger partial charge on any atom is -0.387 e. The molecule has 2 aliphatic heterocycles. The number of nitrogens with zero attached hydrogens (tertiary/aromatic N) is 6. The molecule has 2 fully saturated rings. The van der Waals surface area contributed by atoms with Gasteiger partial charge in [0.05, 0.1) is 5.69 Å². The van der Waals surface area contributed by atoms with E-state index in [0.29, 0.717) is 30.5 Å². The summed E-state index contributed by atoms with van der Waals surface area (Å²) in [6.07, 6.45) is 3.67. The van der Waals surface area contributed by atoms with Gasteiger partial charge in [0.25, 0.3) is 5.95 Å². The maximum atomic E-state index is 14.7. The molecule has 4 heterocycles. The summed E-state index contributed by atoms with van der Waals surface area (Å²) in [5.41, 5.74) is 1.18. The molecule has 34 heavy (non-hydrogen) atoms. The monoisotopic (exact) mass is 470 g/mol. The third kappa shape index (κ3) is 4.20. The van der Waals surface area contributed by atoms with Gasteiger partial charge < -0.3 is 19.4 Å². The lowest BCUT2D eigenvalue weighted by atomic mass is 9.93. The molecule has 2 aliphatic rings. The van der Waals surface area contributed by atoms with Crippen LogP contribution >= 0.6 is 0 Å². The third-order valence-corrected chi connectivity index (χ3v) is 7.20. The van der Waals surface area contributed by atoms with E-state index in [-0.39, 0.29) is 29.5 Å². The number of amides is 1. The molecule has 3 aromatic rings. The quantitative estimate of drug-likeness (QED) is 0.612. The van der Waals surface area contributed by atoms with Crippen molar-refractivity contribution < 1.29 is 18.8 Å². The molecule has 5 rings (SSSR count). The molecule has 1 N–H and O–H groups in total. The Balaban J connectivity index is 1.26. The van der Waals surface area contributed by atoms with Gasteiger partial charge in [-0.25, -0.2) is 4.39 Å². The van der Waals surface area contributed by atoms with Crippen molar-refractivity contribution in [3.8, 4) is 5.95 Å². The second kappa shape index (κ2) is 9.42. The summed E-state index contributed by atoms with van der Waals surface area (Å²) in [4.78, 5) is 20.5. The van der Waals surface area contributed by atoms with Crippen molar-refractivity contribution in [1.82, 2.24) is 29.7 Å². The van der Waals surface area contributed by atoms with Crippen LogP contribution in [-0.4, -0.2) is 79.6 Å². The molecule has 2 aromatic heterocycles. The van der Waals surface area contributed by atoms with Gasteiger partial charge in [-0.3, -0.25) is 4.79 Å². The van der Waals surface area contributed by atoms with Gasteiger partial charge in [0, 0.05) is 30.4 Å².